The maximum Gasteiger partial charge on any atom is 0.221 e. The number of rotatable bonds is 10. The average Bonchev–Trinajstić information content (AvgIpc) is 3.15. The van der Waals surface area contributed by atoms with Gasteiger partial charge in [0.05, 0.1) is 20.8 Å². The van der Waals surface area contributed by atoms with Crippen LogP contribution in [0.15, 0.2) is 48.7 Å². The highest BCUT2D eigenvalue weighted by molar-refractivity contribution is 5.86. The van der Waals surface area contributed by atoms with Gasteiger partial charge in [-0.1, -0.05) is 18.2 Å². The zero-order chi connectivity index (χ0) is 21.5. The van der Waals surface area contributed by atoms with Gasteiger partial charge in [-0.15, -0.1) is 0 Å². The van der Waals surface area contributed by atoms with Gasteiger partial charge in [-0.05, 0) is 36.2 Å². The summed E-state index contributed by atoms with van der Waals surface area (Å²) in [7, 11) is 4.89. The number of hydrogen-bond acceptors (Lipinski definition) is 4. The second-order valence-electron chi connectivity index (χ2n) is 7.13. The van der Waals surface area contributed by atoms with E-state index in [1.807, 2.05) is 30.3 Å². The van der Waals surface area contributed by atoms with Crippen molar-refractivity contribution in [2.75, 3.05) is 34.5 Å². The van der Waals surface area contributed by atoms with E-state index in [0.717, 1.165) is 28.6 Å². The molecule has 3 rings (SSSR count). The number of carbonyl (C=O) groups is 1. The molecule has 0 bridgehead atoms. The van der Waals surface area contributed by atoms with Crippen molar-refractivity contribution < 1.29 is 19.0 Å². The fourth-order valence-corrected chi connectivity index (χ4v) is 3.80. The molecule has 6 nitrogen and oxygen atoms in total. The Labute approximate surface area is 177 Å². The monoisotopic (exact) mass is 410 g/mol. The van der Waals surface area contributed by atoms with Gasteiger partial charge in [0.15, 0.2) is 0 Å². The van der Waals surface area contributed by atoms with Crippen LogP contribution in [0.4, 0.5) is 0 Å². The fraction of sp³-hybridized carbons (Fsp3) is 0.375. The molecule has 2 aromatic carbocycles. The number of aromatic nitrogens is 1. The molecule has 6 heteroatoms. The van der Waals surface area contributed by atoms with E-state index in [1.54, 1.807) is 21.3 Å². The molecular weight excluding hydrogens is 380 g/mol. The Balaban J connectivity index is 2.08. The summed E-state index contributed by atoms with van der Waals surface area (Å²) < 4.78 is 18.2. The van der Waals surface area contributed by atoms with Gasteiger partial charge in [0.2, 0.25) is 5.91 Å². The van der Waals surface area contributed by atoms with E-state index in [1.165, 1.54) is 0 Å². The van der Waals surface area contributed by atoms with Crippen molar-refractivity contribution in [2.45, 2.75) is 25.8 Å². The van der Waals surface area contributed by atoms with E-state index in [2.05, 4.69) is 35.1 Å². The third-order valence-electron chi connectivity index (χ3n) is 5.33. The zero-order valence-electron chi connectivity index (χ0n) is 18.1. The lowest BCUT2D eigenvalue weighted by Crippen LogP contribution is -2.28. The largest absolute Gasteiger partial charge is 0.497 e. The molecule has 0 radical (unpaired) electrons. The molecule has 3 aromatic rings. The summed E-state index contributed by atoms with van der Waals surface area (Å²) in [5.74, 6) is 1.24. The first kappa shape index (κ1) is 21.7. The molecule has 1 heterocycles. The first-order chi connectivity index (χ1) is 14.6. The van der Waals surface area contributed by atoms with Crippen molar-refractivity contribution in [2.24, 2.45) is 0 Å². The van der Waals surface area contributed by atoms with E-state index in [9.17, 15) is 4.79 Å². The molecule has 1 N–H and O–H groups in total. The Hall–Kier alpha value is -2.99. The number of para-hydroxylation sites is 1. The normalized spacial score (nSPS) is 12.0. The number of methoxy groups -OCH3 is 3. The van der Waals surface area contributed by atoms with Crippen LogP contribution in [0, 0.1) is 0 Å². The predicted molar refractivity (Wildman–Crippen MR) is 119 cm³/mol. The standard InChI is InChI=1S/C24H30N2O4/c1-5-26-16-22(20-8-6-7-9-23(20)26)21(15-24(27)25-10-11-28-2)17-12-18(29-3)14-19(13-17)30-4/h6-9,12-14,16,21H,5,10-11,15H2,1-4H3,(H,25,27). The fourth-order valence-electron chi connectivity index (χ4n) is 3.80. The van der Waals surface area contributed by atoms with Crippen LogP contribution in [0.1, 0.15) is 30.4 Å². The minimum absolute atomic E-state index is 0.0211. The molecule has 0 saturated carbocycles. The van der Waals surface area contributed by atoms with Crippen LogP contribution < -0.4 is 14.8 Å². The highest BCUT2D eigenvalue weighted by Crippen LogP contribution is 2.37. The molecular formula is C24H30N2O4. The number of ether oxygens (including phenoxy) is 3. The molecule has 30 heavy (non-hydrogen) atoms. The van der Waals surface area contributed by atoms with Gasteiger partial charge >= 0.3 is 0 Å². The molecule has 1 atom stereocenters. The number of amides is 1. The molecule has 1 aromatic heterocycles. The quantitative estimate of drug-likeness (QED) is 0.514. The lowest BCUT2D eigenvalue weighted by Gasteiger charge is -2.19. The molecule has 1 unspecified atom stereocenters. The van der Waals surface area contributed by atoms with E-state index in [0.29, 0.717) is 31.1 Å². The number of benzene rings is 2. The molecule has 1 amide bonds. The van der Waals surface area contributed by atoms with Crippen LogP contribution in [0.25, 0.3) is 10.9 Å². The van der Waals surface area contributed by atoms with Gasteiger partial charge in [0.25, 0.3) is 0 Å². The summed E-state index contributed by atoms with van der Waals surface area (Å²) in [6.07, 6.45) is 2.47. The Bertz CT molecular complexity index is 974. The first-order valence-corrected chi connectivity index (χ1v) is 10.2. The van der Waals surface area contributed by atoms with Crippen LogP contribution in [-0.2, 0) is 16.1 Å². The van der Waals surface area contributed by atoms with Crippen molar-refractivity contribution in [3.8, 4) is 11.5 Å². The number of nitrogens with one attached hydrogen (secondary N) is 1. The van der Waals surface area contributed by atoms with Crippen LogP contribution in [0.5, 0.6) is 11.5 Å². The minimum atomic E-state index is -0.144. The summed E-state index contributed by atoms with van der Waals surface area (Å²) in [5.41, 5.74) is 3.26. The number of fused-ring (bicyclic) bond motifs is 1. The van der Waals surface area contributed by atoms with Crippen molar-refractivity contribution in [3.05, 3.63) is 59.8 Å². The first-order valence-electron chi connectivity index (χ1n) is 10.2. The molecule has 0 spiro atoms. The molecule has 160 valence electrons. The average molecular weight is 411 g/mol. The van der Waals surface area contributed by atoms with E-state index in [-0.39, 0.29) is 11.8 Å². The molecule has 0 aliphatic rings. The van der Waals surface area contributed by atoms with Gasteiger partial charge in [-0.3, -0.25) is 4.79 Å². The maximum atomic E-state index is 12.8. The van der Waals surface area contributed by atoms with E-state index >= 15 is 0 Å². The molecule has 0 aliphatic carbocycles. The van der Waals surface area contributed by atoms with Gasteiger partial charge in [-0.25, -0.2) is 0 Å². The van der Waals surface area contributed by atoms with Crippen LogP contribution in [0.2, 0.25) is 0 Å². The minimum Gasteiger partial charge on any atom is -0.497 e. The zero-order valence-corrected chi connectivity index (χ0v) is 18.1. The second-order valence-corrected chi connectivity index (χ2v) is 7.13. The SMILES string of the molecule is CCn1cc(C(CC(=O)NCCOC)c2cc(OC)cc(OC)c2)c2ccccc21. The third kappa shape index (κ3) is 4.76. The Kier molecular flexibility index (Phi) is 7.36. The molecule has 0 aliphatic heterocycles. The number of nitrogens with zero attached hydrogens (tertiary/aromatic N) is 1. The number of carbonyl (C=O) groups excluding carboxylic acids is 1. The highest BCUT2D eigenvalue weighted by atomic mass is 16.5. The van der Waals surface area contributed by atoms with E-state index in [4.69, 9.17) is 14.2 Å². The van der Waals surface area contributed by atoms with Gasteiger partial charge in [0, 0.05) is 55.7 Å². The van der Waals surface area contributed by atoms with Gasteiger partial charge < -0.3 is 24.1 Å². The Morgan fingerprint density at radius 1 is 1.07 bits per heavy atom. The second kappa shape index (κ2) is 10.2. The summed E-state index contributed by atoms with van der Waals surface area (Å²) in [4.78, 5) is 12.8. The van der Waals surface area contributed by atoms with Crippen molar-refractivity contribution in [1.82, 2.24) is 9.88 Å². The van der Waals surface area contributed by atoms with Crippen molar-refractivity contribution >= 4 is 16.8 Å². The maximum absolute atomic E-state index is 12.8. The topological polar surface area (TPSA) is 61.7 Å². The van der Waals surface area contributed by atoms with Gasteiger partial charge in [-0.2, -0.15) is 0 Å². The Morgan fingerprint density at radius 2 is 1.77 bits per heavy atom. The lowest BCUT2D eigenvalue weighted by atomic mass is 9.87. The predicted octanol–water partition coefficient (Wildman–Crippen LogP) is 3.96. The van der Waals surface area contributed by atoms with Crippen LogP contribution >= 0.6 is 0 Å². The highest BCUT2D eigenvalue weighted by Gasteiger charge is 2.24. The van der Waals surface area contributed by atoms with Crippen molar-refractivity contribution in [3.63, 3.8) is 0 Å². The third-order valence-corrected chi connectivity index (χ3v) is 5.33. The summed E-state index contributed by atoms with van der Waals surface area (Å²) >= 11 is 0. The Morgan fingerprint density at radius 3 is 2.40 bits per heavy atom. The number of aryl methyl sites for hydroxylation is 1. The number of hydrogen-bond donors (Lipinski definition) is 1. The van der Waals surface area contributed by atoms with E-state index < -0.39 is 0 Å². The van der Waals surface area contributed by atoms with Crippen molar-refractivity contribution in [1.29, 1.82) is 0 Å². The lowest BCUT2D eigenvalue weighted by molar-refractivity contribution is -0.121. The summed E-state index contributed by atoms with van der Waals surface area (Å²) in [6, 6.07) is 14.1. The van der Waals surface area contributed by atoms with Crippen LogP contribution in [0.3, 0.4) is 0 Å². The smallest absolute Gasteiger partial charge is 0.221 e. The summed E-state index contributed by atoms with van der Waals surface area (Å²) in [5, 5.41) is 4.10. The summed E-state index contributed by atoms with van der Waals surface area (Å²) in [6.45, 7) is 3.95. The molecule has 0 saturated heterocycles. The molecule has 0 fully saturated rings. The van der Waals surface area contributed by atoms with Crippen LogP contribution in [-0.4, -0.2) is 45.0 Å². The van der Waals surface area contributed by atoms with Gasteiger partial charge in [0.1, 0.15) is 11.5 Å².